The molecule has 1 aromatic heterocycles. The molecule has 0 radical (unpaired) electrons. The average Bonchev–Trinajstić information content (AvgIpc) is 3.06. The number of rotatable bonds is 1. The lowest BCUT2D eigenvalue weighted by atomic mass is 10.00. The Morgan fingerprint density at radius 3 is 2.62 bits per heavy atom. The molecule has 3 nitrogen and oxygen atoms in total. The van der Waals surface area contributed by atoms with Crippen molar-refractivity contribution < 1.29 is 4.79 Å². The van der Waals surface area contributed by atoms with Crippen LogP contribution in [-0.2, 0) is 4.79 Å². The highest BCUT2D eigenvalue weighted by molar-refractivity contribution is 6.36. The van der Waals surface area contributed by atoms with E-state index in [1.165, 1.54) is 0 Å². The Balaban J connectivity index is 1.93. The Kier molecular flexibility index (Phi) is 2.48. The summed E-state index contributed by atoms with van der Waals surface area (Å²) in [6.45, 7) is 1.99. The number of carbonyl (C=O) groups excluding carboxylic acids is 1. The number of amides is 1. The van der Waals surface area contributed by atoms with Gasteiger partial charge >= 0.3 is 0 Å². The van der Waals surface area contributed by atoms with Crippen LogP contribution in [0.25, 0.3) is 22.0 Å². The van der Waals surface area contributed by atoms with E-state index in [-0.39, 0.29) is 5.91 Å². The predicted molar refractivity (Wildman–Crippen MR) is 85.9 cm³/mol. The summed E-state index contributed by atoms with van der Waals surface area (Å²) in [5.74, 6) is -0.0349. The molecule has 0 spiro atoms. The smallest absolute Gasteiger partial charge is 0.256 e. The van der Waals surface area contributed by atoms with Crippen LogP contribution in [0.2, 0.25) is 0 Å². The number of aromatic nitrogens is 1. The lowest BCUT2D eigenvalue weighted by molar-refractivity contribution is -0.110. The number of fused-ring (bicyclic) bond motifs is 2. The molecule has 21 heavy (non-hydrogen) atoms. The van der Waals surface area contributed by atoms with Crippen molar-refractivity contribution in [2.45, 2.75) is 6.92 Å². The van der Waals surface area contributed by atoms with E-state index in [9.17, 15) is 4.79 Å². The molecule has 0 aliphatic carbocycles. The molecule has 102 valence electrons. The van der Waals surface area contributed by atoms with E-state index < -0.39 is 0 Å². The van der Waals surface area contributed by atoms with Crippen LogP contribution in [0.4, 0.5) is 5.69 Å². The Hall–Kier alpha value is -2.81. The van der Waals surface area contributed by atoms with E-state index in [0.717, 1.165) is 39.0 Å². The quantitative estimate of drug-likeness (QED) is 0.646. The molecule has 2 aromatic carbocycles. The molecule has 0 fully saturated rings. The predicted octanol–water partition coefficient (Wildman–Crippen LogP) is 4.05. The minimum atomic E-state index is -0.0349. The normalized spacial score (nSPS) is 16.0. The van der Waals surface area contributed by atoms with Gasteiger partial charge in [-0.05, 0) is 36.1 Å². The van der Waals surface area contributed by atoms with Gasteiger partial charge in [0.2, 0.25) is 0 Å². The topological polar surface area (TPSA) is 44.9 Å². The number of para-hydroxylation sites is 2. The molecule has 0 atom stereocenters. The van der Waals surface area contributed by atoms with Gasteiger partial charge in [0.05, 0.1) is 5.57 Å². The maximum Gasteiger partial charge on any atom is 0.256 e. The summed E-state index contributed by atoms with van der Waals surface area (Å²) >= 11 is 0. The van der Waals surface area contributed by atoms with Crippen molar-refractivity contribution in [3.05, 3.63) is 65.9 Å². The highest BCUT2D eigenvalue weighted by Crippen LogP contribution is 2.36. The van der Waals surface area contributed by atoms with Gasteiger partial charge in [0.25, 0.3) is 5.91 Å². The standard InChI is InChI=1S/C18H14N2O/c1-11(16-10-12-6-2-4-8-14(12)19-16)17-13-7-3-5-9-15(13)20-18(17)21/h2-10,19H,1H3,(H,20,21). The number of carbonyl (C=O) groups is 1. The molecular formula is C18H14N2O. The average molecular weight is 274 g/mol. The summed E-state index contributed by atoms with van der Waals surface area (Å²) < 4.78 is 0. The van der Waals surface area contributed by atoms with Gasteiger partial charge in [-0.1, -0.05) is 36.4 Å². The van der Waals surface area contributed by atoms with Crippen LogP contribution in [-0.4, -0.2) is 10.9 Å². The van der Waals surface area contributed by atoms with Crippen molar-refractivity contribution in [2.24, 2.45) is 0 Å². The van der Waals surface area contributed by atoms with Crippen LogP contribution >= 0.6 is 0 Å². The van der Waals surface area contributed by atoms with Crippen LogP contribution in [0.15, 0.2) is 54.6 Å². The Labute approximate surface area is 122 Å². The summed E-state index contributed by atoms with van der Waals surface area (Å²) in [6.07, 6.45) is 0. The highest BCUT2D eigenvalue weighted by atomic mass is 16.2. The summed E-state index contributed by atoms with van der Waals surface area (Å²) in [6, 6.07) is 18.0. The van der Waals surface area contributed by atoms with Crippen LogP contribution < -0.4 is 5.32 Å². The van der Waals surface area contributed by atoms with Gasteiger partial charge in [0.15, 0.2) is 0 Å². The third kappa shape index (κ3) is 1.78. The van der Waals surface area contributed by atoms with Gasteiger partial charge in [0, 0.05) is 22.5 Å². The molecular weight excluding hydrogens is 260 g/mol. The van der Waals surface area contributed by atoms with Gasteiger partial charge in [0.1, 0.15) is 0 Å². The van der Waals surface area contributed by atoms with Crippen LogP contribution in [0.1, 0.15) is 18.2 Å². The minimum absolute atomic E-state index is 0.0349. The van der Waals surface area contributed by atoms with Gasteiger partial charge in [-0.25, -0.2) is 0 Å². The molecule has 0 saturated heterocycles. The van der Waals surface area contributed by atoms with Crippen molar-refractivity contribution in [2.75, 3.05) is 5.32 Å². The third-order valence-corrected chi connectivity index (χ3v) is 3.98. The van der Waals surface area contributed by atoms with Crippen molar-refractivity contribution in [1.29, 1.82) is 0 Å². The molecule has 3 heteroatoms. The van der Waals surface area contributed by atoms with Crippen LogP contribution in [0.3, 0.4) is 0 Å². The first kappa shape index (κ1) is 12.0. The van der Waals surface area contributed by atoms with Crippen molar-refractivity contribution >= 4 is 33.6 Å². The molecule has 1 aliphatic rings. The van der Waals surface area contributed by atoms with Crippen molar-refractivity contribution in [3.63, 3.8) is 0 Å². The molecule has 4 rings (SSSR count). The molecule has 3 aromatic rings. The fraction of sp³-hybridized carbons (Fsp3) is 0.0556. The number of H-pyrrole nitrogens is 1. The molecule has 2 heterocycles. The van der Waals surface area contributed by atoms with E-state index in [0.29, 0.717) is 0 Å². The number of hydrogen-bond acceptors (Lipinski definition) is 1. The lowest BCUT2D eigenvalue weighted by Gasteiger charge is -2.03. The maximum atomic E-state index is 12.3. The number of hydrogen-bond donors (Lipinski definition) is 2. The Bertz CT molecular complexity index is 869. The zero-order valence-electron chi connectivity index (χ0n) is 11.6. The van der Waals surface area contributed by atoms with E-state index in [1.54, 1.807) is 0 Å². The molecule has 0 saturated carbocycles. The van der Waals surface area contributed by atoms with Crippen LogP contribution in [0.5, 0.6) is 0 Å². The minimum Gasteiger partial charge on any atom is -0.355 e. The second-order valence-corrected chi connectivity index (χ2v) is 5.27. The Morgan fingerprint density at radius 1 is 1.00 bits per heavy atom. The highest BCUT2D eigenvalue weighted by Gasteiger charge is 2.26. The summed E-state index contributed by atoms with van der Waals surface area (Å²) in [4.78, 5) is 15.7. The zero-order valence-corrected chi connectivity index (χ0v) is 11.6. The molecule has 0 unspecified atom stereocenters. The van der Waals surface area contributed by atoms with Gasteiger partial charge in [-0.3, -0.25) is 4.79 Å². The first-order valence-electron chi connectivity index (χ1n) is 6.94. The SMILES string of the molecule is CC(=C1C(=O)Nc2ccccc21)c1cc2ccccc2[nH]1. The molecule has 0 bridgehead atoms. The monoisotopic (exact) mass is 274 g/mol. The number of nitrogens with one attached hydrogen (secondary N) is 2. The third-order valence-electron chi connectivity index (χ3n) is 3.98. The first-order valence-corrected chi connectivity index (χ1v) is 6.94. The first-order chi connectivity index (χ1) is 10.2. The maximum absolute atomic E-state index is 12.3. The van der Waals surface area contributed by atoms with E-state index >= 15 is 0 Å². The fourth-order valence-corrected chi connectivity index (χ4v) is 2.90. The van der Waals surface area contributed by atoms with Crippen molar-refractivity contribution in [3.8, 4) is 0 Å². The second kappa shape index (κ2) is 4.35. The number of aromatic amines is 1. The molecule has 1 amide bonds. The summed E-state index contributed by atoms with van der Waals surface area (Å²) in [5, 5.41) is 4.07. The second-order valence-electron chi connectivity index (χ2n) is 5.27. The fourth-order valence-electron chi connectivity index (χ4n) is 2.90. The summed E-state index contributed by atoms with van der Waals surface area (Å²) in [7, 11) is 0. The lowest BCUT2D eigenvalue weighted by Crippen LogP contribution is -2.05. The van der Waals surface area contributed by atoms with E-state index in [4.69, 9.17) is 0 Å². The Morgan fingerprint density at radius 2 is 1.76 bits per heavy atom. The summed E-state index contributed by atoms with van der Waals surface area (Å²) in [5.41, 5.74) is 5.63. The molecule has 1 aliphatic heterocycles. The van der Waals surface area contributed by atoms with Crippen molar-refractivity contribution in [1.82, 2.24) is 4.98 Å². The number of anilines is 1. The number of allylic oxidation sites excluding steroid dienone is 1. The largest absolute Gasteiger partial charge is 0.355 e. The van der Waals surface area contributed by atoms with Gasteiger partial charge in [-0.2, -0.15) is 0 Å². The zero-order chi connectivity index (χ0) is 14.4. The van der Waals surface area contributed by atoms with Crippen LogP contribution in [0, 0.1) is 0 Å². The van der Waals surface area contributed by atoms with Gasteiger partial charge < -0.3 is 10.3 Å². The molecule has 2 N–H and O–H groups in total. The number of benzene rings is 2. The van der Waals surface area contributed by atoms with Gasteiger partial charge in [-0.15, -0.1) is 0 Å². The van der Waals surface area contributed by atoms with E-state index in [2.05, 4.69) is 22.4 Å². The van der Waals surface area contributed by atoms with E-state index in [1.807, 2.05) is 49.4 Å².